The van der Waals surface area contributed by atoms with Crippen LogP contribution in [0.4, 0.5) is 0 Å². The molecule has 4 nitrogen and oxygen atoms in total. The minimum absolute atomic E-state index is 0.146. The molecular formula is C9H23NO3Si. The molecule has 0 amide bonds. The summed E-state index contributed by atoms with van der Waals surface area (Å²) in [4.78, 5) is 0. The number of hydrogen-bond acceptors (Lipinski definition) is 4. The van der Waals surface area contributed by atoms with Gasteiger partial charge in [0, 0.05) is 21.3 Å². The van der Waals surface area contributed by atoms with Gasteiger partial charge in [0.1, 0.15) is 6.23 Å². The predicted molar refractivity (Wildman–Crippen MR) is 59.7 cm³/mol. The third kappa shape index (κ3) is 7.46. The normalized spacial score (nSPS) is 13.5. The lowest BCUT2D eigenvalue weighted by Crippen LogP contribution is -2.28. The van der Waals surface area contributed by atoms with Crippen molar-refractivity contribution < 1.29 is 13.6 Å². The summed E-state index contributed by atoms with van der Waals surface area (Å²) in [6, 6.07) is 1.08. The van der Waals surface area contributed by atoms with E-state index in [1.54, 1.807) is 21.3 Å². The van der Waals surface area contributed by atoms with Crippen molar-refractivity contribution in [3.8, 4) is 0 Å². The van der Waals surface area contributed by atoms with Crippen LogP contribution in [0.5, 0.6) is 0 Å². The van der Waals surface area contributed by atoms with Crippen molar-refractivity contribution in [3.63, 3.8) is 0 Å². The number of rotatable bonds is 9. The zero-order valence-corrected chi connectivity index (χ0v) is 10.9. The Morgan fingerprint density at radius 3 is 2.29 bits per heavy atom. The monoisotopic (exact) mass is 221 g/mol. The third-order valence-electron chi connectivity index (χ3n) is 2.18. The molecule has 5 heteroatoms. The molecule has 0 heterocycles. The van der Waals surface area contributed by atoms with E-state index >= 15 is 0 Å². The number of nitrogens with one attached hydrogen (secondary N) is 1. The van der Waals surface area contributed by atoms with Crippen molar-refractivity contribution in [2.75, 3.05) is 27.9 Å². The van der Waals surface area contributed by atoms with Gasteiger partial charge in [-0.1, -0.05) is 6.42 Å². The summed E-state index contributed by atoms with van der Waals surface area (Å²) in [5, 5.41) is 3.25. The summed E-state index contributed by atoms with van der Waals surface area (Å²) in [5.74, 6) is 0. The Hall–Kier alpha value is 0.0569. The second kappa shape index (κ2) is 9.61. The summed E-state index contributed by atoms with van der Waals surface area (Å²) in [7, 11) is 3.83. The molecule has 14 heavy (non-hydrogen) atoms. The molecule has 0 fully saturated rings. The van der Waals surface area contributed by atoms with Gasteiger partial charge in [-0.25, -0.2) is 0 Å². The highest BCUT2D eigenvalue weighted by atomic mass is 28.3. The summed E-state index contributed by atoms with van der Waals surface area (Å²) in [6.45, 7) is 2.99. The summed E-state index contributed by atoms with van der Waals surface area (Å²) >= 11 is 0. The first-order valence-corrected chi connectivity index (χ1v) is 6.82. The molecule has 0 saturated carbocycles. The molecule has 1 N–H and O–H groups in total. The molecule has 1 atom stereocenters. The third-order valence-corrected chi connectivity index (χ3v) is 4.11. The van der Waals surface area contributed by atoms with Crippen LogP contribution in [-0.2, 0) is 13.6 Å². The van der Waals surface area contributed by atoms with Crippen LogP contribution < -0.4 is 5.32 Å². The Morgan fingerprint density at radius 2 is 1.79 bits per heavy atom. The number of methoxy groups -OCH3 is 1. The highest BCUT2D eigenvalue weighted by Gasteiger charge is 2.08. The molecule has 1 unspecified atom stereocenters. The molecule has 0 radical (unpaired) electrons. The maximum atomic E-state index is 5.22. The smallest absolute Gasteiger partial charge is 0.320 e. The van der Waals surface area contributed by atoms with E-state index in [0.29, 0.717) is 0 Å². The fraction of sp³-hybridized carbons (Fsp3) is 1.00. The molecule has 0 rings (SSSR count). The lowest BCUT2D eigenvalue weighted by molar-refractivity contribution is 0.0894. The molecule has 0 aromatic heterocycles. The van der Waals surface area contributed by atoms with Gasteiger partial charge in [0.05, 0.1) is 0 Å². The van der Waals surface area contributed by atoms with Crippen LogP contribution in [0.25, 0.3) is 0 Å². The first-order valence-electron chi connectivity index (χ1n) is 5.06. The fourth-order valence-corrected chi connectivity index (χ4v) is 2.44. The standard InChI is InChI=1S/C9H23NO3Si/c1-9(11-2)10-7-5-6-8-14(12-3)13-4/h9-10,14H,5-8H2,1-4H3. The molecule has 0 saturated heterocycles. The van der Waals surface area contributed by atoms with E-state index in [9.17, 15) is 0 Å². The van der Waals surface area contributed by atoms with E-state index in [0.717, 1.165) is 25.4 Å². The van der Waals surface area contributed by atoms with E-state index in [1.165, 1.54) is 0 Å². The van der Waals surface area contributed by atoms with Gasteiger partial charge in [0.2, 0.25) is 0 Å². The first kappa shape index (κ1) is 14.1. The van der Waals surface area contributed by atoms with E-state index in [-0.39, 0.29) is 6.23 Å². The van der Waals surface area contributed by atoms with Crippen molar-refractivity contribution in [2.24, 2.45) is 0 Å². The van der Waals surface area contributed by atoms with Gasteiger partial charge in [-0.15, -0.1) is 0 Å². The van der Waals surface area contributed by atoms with Crippen molar-refractivity contribution in [3.05, 3.63) is 0 Å². The average molecular weight is 221 g/mol. The van der Waals surface area contributed by atoms with Gasteiger partial charge >= 0.3 is 9.28 Å². The maximum Gasteiger partial charge on any atom is 0.320 e. The van der Waals surface area contributed by atoms with Gasteiger partial charge in [0.25, 0.3) is 0 Å². The highest BCUT2D eigenvalue weighted by molar-refractivity contribution is 6.44. The molecule has 0 aliphatic carbocycles. The van der Waals surface area contributed by atoms with Crippen LogP contribution in [0.15, 0.2) is 0 Å². The zero-order valence-electron chi connectivity index (χ0n) is 9.71. The molecule has 0 aromatic carbocycles. The minimum atomic E-state index is -1.33. The Kier molecular flexibility index (Phi) is 9.64. The predicted octanol–water partition coefficient (Wildman–Crippen LogP) is 0.862. The van der Waals surface area contributed by atoms with Crippen LogP contribution in [0.1, 0.15) is 19.8 Å². The van der Waals surface area contributed by atoms with Crippen LogP contribution in [0.3, 0.4) is 0 Å². The number of unbranched alkanes of at least 4 members (excludes halogenated alkanes) is 1. The molecule has 0 bridgehead atoms. The molecule has 86 valence electrons. The second-order valence-corrected chi connectivity index (χ2v) is 5.61. The summed E-state index contributed by atoms with van der Waals surface area (Å²) in [5.41, 5.74) is 0. The van der Waals surface area contributed by atoms with Crippen LogP contribution in [0.2, 0.25) is 6.04 Å². The van der Waals surface area contributed by atoms with Gasteiger partial charge in [0.15, 0.2) is 0 Å². The van der Waals surface area contributed by atoms with Crippen molar-refractivity contribution >= 4 is 9.28 Å². The number of hydrogen-bond donors (Lipinski definition) is 1. The van der Waals surface area contributed by atoms with Gasteiger partial charge in [-0.3, -0.25) is 5.32 Å². The Balaban J connectivity index is 3.20. The largest absolute Gasteiger partial charge is 0.400 e. The van der Waals surface area contributed by atoms with Gasteiger partial charge in [-0.2, -0.15) is 0 Å². The van der Waals surface area contributed by atoms with Crippen LogP contribution in [-0.4, -0.2) is 43.4 Å². The van der Waals surface area contributed by atoms with Crippen LogP contribution in [0, 0.1) is 0 Å². The van der Waals surface area contributed by atoms with Gasteiger partial charge < -0.3 is 13.6 Å². The average Bonchev–Trinajstić information content (AvgIpc) is 2.23. The Morgan fingerprint density at radius 1 is 1.14 bits per heavy atom. The van der Waals surface area contributed by atoms with Crippen LogP contribution >= 0.6 is 0 Å². The zero-order chi connectivity index (χ0) is 10.8. The minimum Gasteiger partial charge on any atom is -0.400 e. The molecule has 0 aromatic rings. The summed E-state index contributed by atoms with van der Waals surface area (Å²) in [6.07, 6.45) is 2.44. The molecular weight excluding hydrogens is 198 g/mol. The second-order valence-electron chi connectivity index (χ2n) is 3.23. The van der Waals surface area contributed by atoms with Gasteiger partial charge in [-0.05, 0) is 25.9 Å². The Bertz CT molecular complexity index is 123. The van der Waals surface area contributed by atoms with E-state index in [1.807, 2.05) is 6.92 Å². The fourth-order valence-electron chi connectivity index (χ4n) is 1.16. The highest BCUT2D eigenvalue weighted by Crippen LogP contribution is 2.02. The molecule has 0 aliphatic heterocycles. The first-order chi connectivity index (χ1) is 6.74. The van der Waals surface area contributed by atoms with Crippen molar-refractivity contribution in [1.82, 2.24) is 5.32 Å². The van der Waals surface area contributed by atoms with Crippen molar-refractivity contribution in [2.45, 2.75) is 32.0 Å². The van der Waals surface area contributed by atoms with Crippen molar-refractivity contribution in [1.29, 1.82) is 0 Å². The SMILES string of the molecule is COC(C)NCCCC[SiH](OC)OC. The molecule has 0 spiro atoms. The topological polar surface area (TPSA) is 39.7 Å². The molecule has 0 aliphatic rings. The van der Waals surface area contributed by atoms with E-state index < -0.39 is 9.28 Å². The number of ether oxygens (including phenoxy) is 1. The lowest BCUT2D eigenvalue weighted by Gasteiger charge is -2.13. The summed E-state index contributed by atoms with van der Waals surface area (Å²) < 4.78 is 15.5. The van der Waals surface area contributed by atoms with E-state index in [2.05, 4.69) is 5.32 Å². The quantitative estimate of drug-likeness (QED) is 0.356. The Labute approximate surface area is 88.8 Å². The maximum absolute atomic E-state index is 5.22. The lowest BCUT2D eigenvalue weighted by atomic mass is 10.3. The van der Waals surface area contributed by atoms with E-state index in [4.69, 9.17) is 13.6 Å².